The number of halogens is 1. The molecule has 1 unspecified atom stereocenters. The summed E-state index contributed by atoms with van der Waals surface area (Å²) in [6.45, 7) is 3.00. The third-order valence-corrected chi connectivity index (χ3v) is 5.08. The summed E-state index contributed by atoms with van der Waals surface area (Å²) in [7, 11) is 3.82. The third-order valence-electron chi connectivity index (χ3n) is 4.78. The molecule has 3 rings (SSSR count). The molecule has 1 aliphatic heterocycles. The van der Waals surface area contributed by atoms with Gasteiger partial charge in [-0.2, -0.15) is 0 Å². The Morgan fingerprint density at radius 2 is 1.93 bits per heavy atom. The van der Waals surface area contributed by atoms with E-state index < -0.39 is 0 Å². The van der Waals surface area contributed by atoms with Gasteiger partial charge in [-0.15, -0.1) is 0 Å². The Hall–Kier alpha value is -2.53. The van der Waals surface area contributed by atoms with Crippen LogP contribution in [0.1, 0.15) is 17.5 Å². The number of hydrogen-bond acceptors (Lipinski definition) is 3. The van der Waals surface area contributed by atoms with Crippen LogP contribution in [0.3, 0.4) is 0 Å². The van der Waals surface area contributed by atoms with E-state index in [-0.39, 0.29) is 24.2 Å². The van der Waals surface area contributed by atoms with Crippen molar-refractivity contribution >= 4 is 34.8 Å². The summed E-state index contributed by atoms with van der Waals surface area (Å²) < 4.78 is 0. The Labute approximate surface area is 164 Å². The summed E-state index contributed by atoms with van der Waals surface area (Å²) >= 11 is 6.26. The number of carbonyl (C=O) groups excluding carboxylic acids is 2. The molecular formula is C21H24ClN3O2. The zero-order valence-corrected chi connectivity index (χ0v) is 16.6. The number of likely N-dealkylation sites (tertiary alicyclic amines) is 1. The molecule has 0 spiro atoms. The van der Waals surface area contributed by atoms with Gasteiger partial charge >= 0.3 is 0 Å². The van der Waals surface area contributed by atoms with Crippen molar-refractivity contribution in [3.8, 4) is 0 Å². The van der Waals surface area contributed by atoms with E-state index in [2.05, 4.69) is 5.32 Å². The number of rotatable bonds is 5. The van der Waals surface area contributed by atoms with Crippen LogP contribution >= 0.6 is 11.6 Å². The first kappa shape index (κ1) is 19.2. The van der Waals surface area contributed by atoms with Crippen molar-refractivity contribution in [1.82, 2.24) is 4.90 Å². The highest BCUT2D eigenvalue weighted by atomic mass is 35.5. The summed E-state index contributed by atoms with van der Waals surface area (Å²) in [5.41, 5.74) is 3.78. The smallest absolute Gasteiger partial charge is 0.229 e. The predicted octanol–water partition coefficient (Wildman–Crippen LogP) is 3.70. The van der Waals surface area contributed by atoms with Crippen LogP contribution in [0.4, 0.5) is 11.4 Å². The Bertz CT molecular complexity index is 849. The fourth-order valence-corrected chi connectivity index (χ4v) is 3.56. The molecule has 1 aliphatic rings. The maximum atomic E-state index is 12.6. The number of carbonyl (C=O) groups is 2. The molecule has 5 nitrogen and oxygen atoms in total. The van der Waals surface area contributed by atoms with Gasteiger partial charge in [0.2, 0.25) is 11.8 Å². The lowest BCUT2D eigenvalue weighted by Crippen LogP contribution is -2.28. The van der Waals surface area contributed by atoms with Gasteiger partial charge in [0.15, 0.2) is 0 Å². The van der Waals surface area contributed by atoms with Crippen LogP contribution in [-0.4, -0.2) is 37.4 Å². The molecule has 1 heterocycles. The topological polar surface area (TPSA) is 52.7 Å². The van der Waals surface area contributed by atoms with Crippen LogP contribution in [0.15, 0.2) is 42.5 Å². The van der Waals surface area contributed by atoms with Crippen molar-refractivity contribution in [2.45, 2.75) is 19.9 Å². The summed E-state index contributed by atoms with van der Waals surface area (Å²) in [5.74, 6) is -0.490. The Balaban J connectivity index is 1.62. The van der Waals surface area contributed by atoms with Gasteiger partial charge in [0.25, 0.3) is 0 Å². The number of nitrogens with one attached hydrogen (secondary N) is 1. The van der Waals surface area contributed by atoms with Gasteiger partial charge in [0.1, 0.15) is 0 Å². The zero-order chi connectivity index (χ0) is 19.6. The van der Waals surface area contributed by atoms with E-state index in [0.29, 0.717) is 23.8 Å². The second-order valence-corrected chi connectivity index (χ2v) is 7.62. The van der Waals surface area contributed by atoms with Crippen molar-refractivity contribution in [2.24, 2.45) is 5.92 Å². The van der Waals surface area contributed by atoms with Crippen LogP contribution in [0.2, 0.25) is 5.02 Å². The SMILES string of the molecule is Cc1ccc(CN2CC(C(=O)Nc3ccc(N(C)C)c(Cl)c3)CC2=O)cc1. The van der Waals surface area contributed by atoms with Gasteiger partial charge in [0.05, 0.1) is 16.6 Å². The predicted molar refractivity (Wildman–Crippen MR) is 109 cm³/mol. The molecule has 2 aromatic carbocycles. The standard InChI is InChI=1S/C21H24ClN3O2/c1-14-4-6-15(7-5-14)12-25-13-16(10-20(25)26)21(27)23-17-8-9-19(24(2)3)18(22)11-17/h4-9,11,16H,10,12-13H2,1-3H3,(H,23,27). The molecule has 1 atom stereocenters. The zero-order valence-electron chi connectivity index (χ0n) is 15.8. The number of hydrogen-bond donors (Lipinski definition) is 1. The first-order chi connectivity index (χ1) is 12.8. The van der Waals surface area contributed by atoms with Crippen LogP contribution < -0.4 is 10.2 Å². The normalized spacial score (nSPS) is 16.5. The quantitative estimate of drug-likeness (QED) is 0.853. The fourth-order valence-electron chi connectivity index (χ4n) is 3.21. The first-order valence-electron chi connectivity index (χ1n) is 8.94. The van der Waals surface area contributed by atoms with Gasteiger partial charge in [-0.05, 0) is 30.7 Å². The minimum absolute atomic E-state index is 0.0108. The minimum Gasteiger partial charge on any atom is -0.376 e. The monoisotopic (exact) mass is 385 g/mol. The molecule has 0 aliphatic carbocycles. The Morgan fingerprint density at radius 3 is 2.56 bits per heavy atom. The molecule has 2 aromatic rings. The first-order valence-corrected chi connectivity index (χ1v) is 9.32. The van der Waals surface area contributed by atoms with E-state index in [9.17, 15) is 9.59 Å². The number of nitrogens with zero attached hydrogens (tertiary/aromatic N) is 2. The average molecular weight is 386 g/mol. The van der Waals surface area contributed by atoms with Crippen LogP contribution in [0.25, 0.3) is 0 Å². The van der Waals surface area contributed by atoms with E-state index in [0.717, 1.165) is 11.3 Å². The average Bonchev–Trinajstić information content (AvgIpc) is 2.97. The van der Waals surface area contributed by atoms with Crippen molar-refractivity contribution in [1.29, 1.82) is 0 Å². The van der Waals surface area contributed by atoms with Gasteiger partial charge in [0, 0.05) is 39.3 Å². The van der Waals surface area contributed by atoms with Crippen molar-refractivity contribution in [3.63, 3.8) is 0 Å². The molecule has 142 valence electrons. The summed E-state index contributed by atoms with van der Waals surface area (Å²) in [6, 6.07) is 13.5. The van der Waals surface area contributed by atoms with Crippen LogP contribution in [0.5, 0.6) is 0 Å². The maximum Gasteiger partial charge on any atom is 0.229 e. The largest absolute Gasteiger partial charge is 0.376 e. The van der Waals surface area contributed by atoms with E-state index in [1.807, 2.05) is 62.3 Å². The molecule has 27 heavy (non-hydrogen) atoms. The lowest BCUT2D eigenvalue weighted by molar-refractivity contribution is -0.128. The van der Waals surface area contributed by atoms with E-state index >= 15 is 0 Å². The molecule has 0 aromatic heterocycles. The fraction of sp³-hybridized carbons (Fsp3) is 0.333. The molecule has 1 saturated heterocycles. The van der Waals surface area contributed by atoms with E-state index in [4.69, 9.17) is 11.6 Å². The van der Waals surface area contributed by atoms with Gasteiger partial charge in [-0.25, -0.2) is 0 Å². The summed E-state index contributed by atoms with van der Waals surface area (Å²) in [6.07, 6.45) is 0.237. The number of anilines is 2. The summed E-state index contributed by atoms with van der Waals surface area (Å²) in [4.78, 5) is 28.6. The maximum absolute atomic E-state index is 12.6. The number of aryl methyl sites for hydroxylation is 1. The number of amides is 2. The van der Waals surface area contributed by atoms with Gasteiger partial charge < -0.3 is 15.1 Å². The molecule has 1 fully saturated rings. The highest BCUT2D eigenvalue weighted by Gasteiger charge is 2.34. The second-order valence-electron chi connectivity index (χ2n) is 7.21. The van der Waals surface area contributed by atoms with Gasteiger partial charge in [-0.1, -0.05) is 41.4 Å². The van der Waals surface area contributed by atoms with Crippen LogP contribution in [0, 0.1) is 12.8 Å². The summed E-state index contributed by atoms with van der Waals surface area (Å²) in [5, 5.41) is 3.45. The molecule has 0 saturated carbocycles. The lowest BCUT2D eigenvalue weighted by atomic mass is 10.1. The Kier molecular flexibility index (Phi) is 5.71. The second kappa shape index (κ2) is 8.01. The Morgan fingerprint density at radius 1 is 1.22 bits per heavy atom. The molecule has 0 bridgehead atoms. The highest BCUT2D eigenvalue weighted by molar-refractivity contribution is 6.33. The van der Waals surface area contributed by atoms with Crippen molar-refractivity contribution in [2.75, 3.05) is 30.9 Å². The number of benzene rings is 2. The lowest BCUT2D eigenvalue weighted by Gasteiger charge is -2.18. The minimum atomic E-state index is -0.352. The highest BCUT2D eigenvalue weighted by Crippen LogP contribution is 2.28. The molecular weight excluding hydrogens is 362 g/mol. The molecule has 1 N–H and O–H groups in total. The van der Waals surface area contributed by atoms with Crippen LogP contribution in [-0.2, 0) is 16.1 Å². The van der Waals surface area contributed by atoms with E-state index in [1.165, 1.54) is 5.56 Å². The molecule has 2 amide bonds. The van der Waals surface area contributed by atoms with Gasteiger partial charge in [-0.3, -0.25) is 9.59 Å². The molecule has 6 heteroatoms. The molecule has 0 radical (unpaired) electrons. The van der Waals surface area contributed by atoms with Crippen molar-refractivity contribution < 1.29 is 9.59 Å². The van der Waals surface area contributed by atoms with E-state index in [1.54, 1.807) is 11.0 Å². The van der Waals surface area contributed by atoms with Crippen molar-refractivity contribution in [3.05, 3.63) is 58.6 Å². The third kappa shape index (κ3) is 4.61.